The predicted octanol–water partition coefficient (Wildman–Crippen LogP) is 2.72. The third-order valence-corrected chi connectivity index (χ3v) is 3.63. The Morgan fingerprint density at radius 3 is 2.58 bits per heavy atom. The number of ether oxygens (including phenoxy) is 3. The minimum Gasteiger partial charge on any atom is -0.497 e. The molecule has 0 aliphatic carbocycles. The summed E-state index contributed by atoms with van der Waals surface area (Å²) in [6.07, 6.45) is 0.950. The Hall–Kier alpha value is -1.90. The monoisotopic (exact) mass is 353 g/mol. The molecule has 0 radical (unpaired) electrons. The molecular formula is C16H23N3O4S. The molecule has 1 aromatic heterocycles. The first-order valence-electron chi connectivity index (χ1n) is 7.63. The van der Waals surface area contributed by atoms with Gasteiger partial charge in [0, 0.05) is 20.3 Å². The molecule has 0 spiro atoms. The zero-order valence-corrected chi connectivity index (χ0v) is 15.0. The van der Waals surface area contributed by atoms with Crippen molar-refractivity contribution in [1.29, 1.82) is 0 Å². The van der Waals surface area contributed by atoms with Crippen LogP contribution in [0.25, 0.3) is 0 Å². The van der Waals surface area contributed by atoms with Crippen LogP contribution in [0.4, 0.5) is 0 Å². The first kappa shape index (κ1) is 18.4. The van der Waals surface area contributed by atoms with Crippen molar-refractivity contribution in [3.8, 4) is 11.5 Å². The van der Waals surface area contributed by atoms with Gasteiger partial charge in [0.25, 0.3) is 10.7 Å². The Labute approximate surface area is 146 Å². The lowest BCUT2D eigenvalue weighted by Gasteiger charge is -2.15. The average molecular weight is 353 g/mol. The number of nitrogens with zero attached hydrogens (tertiary/aromatic N) is 3. The van der Waals surface area contributed by atoms with E-state index in [0.717, 1.165) is 25.3 Å². The van der Waals surface area contributed by atoms with Gasteiger partial charge in [-0.05, 0) is 50.0 Å². The number of rotatable bonds is 10. The summed E-state index contributed by atoms with van der Waals surface area (Å²) in [5.41, 5.74) is 0. The summed E-state index contributed by atoms with van der Waals surface area (Å²) < 4.78 is 22.9. The van der Waals surface area contributed by atoms with E-state index in [-0.39, 0.29) is 6.61 Å². The van der Waals surface area contributed by atoms with Crippen LogP contribution in [-0.4, -0.2) is 49.1 Å². The van der Waals surface area contributed by atoms with E-state index in [1.54, 1.807) is 18.9 Å². The Morgan fingerprint density at radius 1 is 1.21 bits per heavy atom. The molecule has 0 N–H and O–H groups in total. The standard InChI is InChI=1S/C16H23N3O4S/c1-18(9-4-10-20-2)12-19-16(24)23-15(17-19)11-22-14-7-5-13(21-3)6-8-14/h5-8H,4,9-12H2,1-3H3. The third-order valence-electron chi connectivity index (χ3n) is 3.33. The molecule has 1 heterocycles. The minimum absolute atomic E-state index is 0.219. The van der Waals surface area contributed by atoms with Gasteiger partial charge in [-0.3, -0.25) is 4.90 Å². The largest absolute Gasteiger partial charge is 0.497 e. The van der Waals surface area contributed by atoms with Crippen molar-refractivity contribution in [1.82, 2.24) is 14.7 Å². The van der Waals surface area contributed by atoms with Crippen LogP contribution in [0.1, 0.15) is 12.3 Å². The lowest BCUT2D eigenvalue weighted by Crippen LogP contribution is -2.24. The van der Waals surface area contributed by atoms with E-state index in [9.17, 15) is 0 Å². The summed E-state index contributed by atoms with van der Waals surface area (Å²) in [5.74, 6) is 1.94. The zero-order valence-electron chi connectivity index (χ0n) is 14.2. The summed E-state index contributed by atoms with van der Waals surface area (Å²) in [5, 5.41) is 4.35. The van der Waals surface area contributed by atoms with E-state index in [2.05, 4.69) is 10.00 Å². The van der Waals surface area contributed by atoms with E-state index < -0.39 is 0 Å². The normalized spacial score (nSPS) is 11.0. The molecular weight excluding hydrogens is 330 g/mol. The van der Waals surface area contributed by atoms with Gasteiger partial charge >= 0.3 is 0 Å². The van der Waals surface area contributed by atoms with Gasteiger partial charge in [-0.25, -0.2) is 4.68 Å². The Kier molecular flexibility index (Phi) is 7.23. The second-order valence-corrected chi connectivity index (χ2v) is 5.64. The maximum atomic E-state index is 5.64. The summed E-state index contributed by atoms with van der Waals surface area (Å²) >= 11 is 5.20. The van der Waals surface area contributed by atoms with Crippen LogP contribution in [0.3, 0.4) is 0 Å². The topological polar surface area (TPSA) is 61.9 Å². The highest BCUT2D eigenvalue weighted by Gasteiger charge is 2.08. The van der Waals surface area contributed by atoms with Crippen molar-refractivity contribution in [2.24, 2.45) is 0 Å². The number of methoxy groups -OCH3 is 2. The average Bonchev–Trinajstić information content (AvgIpc) is 2.93. The summed E-state index contributed by atoms with van der Waals surface area (Å²) in [7, 11) is 5.32. The Morgan fingerprint density at radius 2 is 1.92 bits per heavy atom. The van der Waals surface area contributed by atoms with E-state index >= 15 is 0 Å². The second kappa shape index (κ2) is 9.41. The highest BCUT2D eigenvalue weighted by molar-refractivity contribution is 7.71. The van der Waals surface area contributed by atoms with Crippen molar-refractivity contribution < 1.29 is 18.6 Å². The number of hydrogen-bond acceptors (Lipinski definition) is 7. The molecule has 7 nitrogen and oxygen atoms in total. The molecule has 0 aliphatic heterocycles. The smallest absolute Gasteiger partial charge is 0.288 e. The van der Waals surface area contributed by atoms with E-state index in [0.29, 0.717) is 23.1 Å². The maximum absolute atomic E-state index is 5.64. The first-order valence-corrected chi connectivity index (χ1v) is 8.04. The van der Waals surface area contributed by atoms with E-state index in [1.165, 1.54) is 0 Å². The van der Waals surface area contributed by atoms with E-state index in [4.69, 9.17) is 30.8 Å². The summed E-state index contributed by atoms with van der Waals surface area (Å²) in [6, 6.07) is 7.32. The fourth-order valence-electron chi connectivity index (χ4n) is 2.09. The quantitative estimate of drug-likeness (QED) is 0.481. The maximum Gasteiger partial charge on any atom is 0.288 e. The summed E-state index contributed by atoms with van der Waals surface area (Å²) in [6.45, 7) is 2.40. The fraction of sp³-hybridized carbons (Fsp3) is 0.500. The van der Waals surface area contributed by atoms with Crippen LogP contribution in [0.2, 0.25) is 0 Å². The Balaban J connectivity index is 1.87. The molecule has 8 heteroatoms. The lowest BCUT2D eigenvalue weighted by molar-refractivity contribution is 0.167. The fourth-order valence-corrected chi connectivity index (χ4v) is 2.29. The van der Waals surface area contributed by atoms with Crippen molar-refractivity contribution in [3.63, 3.8) is 0 Å². The second-order valence-electron chi connectivity index (χ2n) is 5.29. The van der Waals surface area contributed by atoms with Gasteiger partial charge in [0.2, 0.25) is 0 Å². The molecule has 0 saturated carbocycles. The van der Waals surface area contributed by atoms with Gasteiger partial charge < -0.3 is 18.6 Å². The predicted molar refractivity (Wildman–Crippen MR) is 91.8 cm³/mol. The molecule has 0 bridgehead atoms. The van der Waals surface area contributed by atoms with Gasteiger partial charge in [0.15, 0.2) is 6.61 Å². The molecule has 0 atom stereocenters. The molecule has 0 aliphatic rings. The van der Waals surface area contributed by atoms with Gasteiger partial charge in [-0.2, -0.15) is 0 Å². The molecule has 0 fully saturated rings. The SMILES string of the molecule is COCCCN(C)Cn1nc(COc2ccc(OC)cc2)oc1=S. The highest BCUT2D eigenvalue weighted by Crippen LogP contribution is 2.18. The van der Waals surface area contributed by atoms with Crippen molar-refractivity contribution in [2.45, 2.75) is 19.7 Å². The zero-order chi connectivity index (χ0) is 17.4. The van der Waals surface area contributed by atoms with Crippen molar-refractivity contribution in [2.75, 3.05) is 34.4 Å². The number of aromatic nitrogens is 2. The van der Waals surface area contributed by atoms with Crippen LogP contribution in [-0.2, 0) is 18.0 Å². The lowest BCUT2D eigenvalue weighted by atomic mass is 10.3. The molecule has 1 aromatic carbocycles. The van der Waals surface area contributed by atoms with Gasteiger partial charge in [-0.1, -0.05) is 0 Å². The van der Waals surface area contributed by atoms with Crippen LogP contribution in [0, 0.1) is 4.84 Å². The Bertz CT molecular complexity index is 669. The number of benzene rings is 1. The van der Waals surface area contributed by atoms with Crippen LogP contribution in [0.5, 0.6) is 11.5 Å². The van der Waals surface area contributed by atoms with Crippen molar-refractivity contribution in [3.05, 3.63) is 35.0 Å². The molecule has 2 rings (SSSR count). The van der Waals surface area contributed by atoms with Crippen molar-refractivity contribution >= 4 is 12.2 Å². The van der Waals surface area contributed by atoms with Crippen LogP contribution >= 0.6 is 12.2 Å². The molecule has 132 valence electrons. The highest BCUT2D eigenvalue weighted by atomic mass is 32.1. The van der Waals surface area contributed by atoms with Gasteiger partial charge in [0.05, 0.1) is 13.8 Å². The molecule has 0 unspecified atom stereocenters. The molecule has 24 heavy (non-hydrogen) atoms. The molecule has 2 aromatic rings. The van der Waals surface area contributed by atoms with Crippen LogP contribution < -0.4 is 9.47 Å². The first-order chi connectivity index (χ1) is 11.6. The van der Waals surface area contributed by atoms with E-state index in [1.807, 2.05) is 31.3 Å². The minimum atomic E-state index is 0.219. The van der Waals surface area contributed by atoms with Crippen LogP contribution in [0.15, 0.2) is 28.7 Å². The summed E-state index contributed by atoms with van der Waals surface area (Å²) in [4.78, 5) is 2.44. The molecule has 0 amide bonds. The van der Waals surface area contributed by atoms with Gasteiger partial charge in [-0.15, -0.1) is 5.10 Å². The number of hydrogen-bond donors (Lipinski definition) is 0. The molecule has 0 saturated heterocycles. The third kappa shape index (κ3) is 5.63. The van der Waals surface area contributed by atoms with Gasteiger partial charge in [0.1, 0.15) is 11.5 Å².